The van der Waals surface area contributed by atoms with Gasteiger partial charge in [0.05, 0.1) is 5.69 Å². The molecule has 4 nitrogen and oxygen atoms in total. The molecule has 0 radical (unpaired) electrons. The molecule has 1 aromatic rings. The number of nitrogens with two attached hydrogens (primary N) is 1. The Hall–Kier alpha value is -1.46. The number of nitrogens with zero attached hydrogens (tertiary/aromatic N) is 3. The number of hydrazine groups is 1. The standard InChI is InChI=1S/C11H15FN4/c1-8-14-7-15(2)16(8)11-5-10(12)4-3-9(11)6-13/h3-5H,6-7,13H2,1-2H3. The summed E-state index contributed by atoms with van der Waals surface area (Å²) in [6.45, 7) is 2.87. The van der Waals surface area contributed by atoms with E-state index in [2.05, 4.69) is 4.99 Å². The quantitative estimate of drug-likeness (QED) is 0.821. The molecule has 16 heavy (non-hydrogen) atoms. The molecule has 0 bridgehead atoms. The average molecular weight is 222 g/mol. The Bertz CT molecular complexity index is 430. The SMILES string of the molecule is CC1=NCN(C)N1c1cc(F)ccc1CN. The van der Waals surface area contributed by atoms with Crippen LogP contribution < -0.4 is 10.7 Å². The monoisotopic (exact) mass is 222 g/mol. The van der Waals surface area contributed by atoms with Gasteiger partial charge in [0.15, 0.2) is 0 Å². The van der Waals surface area contributed by atoms with Crippen LogP contribution in [0.5, 0.6) is 0 Å². The maximum Gasteiger partial charge on any atom is 0.125 e. The van der Waals surface area contributed by atoms with Gasteiger partial charge in [0, 0.05) is 13.6 Å². The molecular formula is C11H15FN4. The summed E-state index contributed by atoms with van der Waals surface area (Å²) in [4.78, 5) is 4.29. The third-order valence-electron chi connectivity index (χ3n) is 2.65. The molecule has 0 atom stereocenters. The van der Waals surface area contributed by atoms with Crippen molar-refractivity contribution in [3.63, 3.8) is 0 Å². The molecule has 0 unspecified atom stereocenters. The first kappa shape index (κ1) is 11.0. The molecular weight excluding hydrogens is 207 g/mol. The fraction of sp³-hybridized carbons (Fsp3) is 0.364. The van der Waals surface area contributed by atoms with Gasteiger partial charge in [-0.1, -0.05) is 6.07 Å². The fourth-order valence-corrected chi connectivity index (χ4v) is 1.85. The lowest BCUT2D eigenvalue weighted by Gasteiger charge is -2.28. The number of anilines is 1. The molecule has 2 rings (SSSR count). The van der Waals surface area contributed by atoms with Crippen molar-refractivity contribution in [3.05, 3.63) is 29.6 Å². The van der Waals surface area contributed by atoms with Crippen molar-refractivity contribution in [2.75, 3.05) is 18.7 Å². The molecule has 0 aliphatic carbocycles. The number of hydrogen-bond acceptors (Lipinski definition) is 4. The lowest BCUT2D eigenvalue weighted by molar-refractivity contribution is 0.386. The van der Waals surface area contributed by atoms with Crippen LogP contribution in [0.4, 0.5) is 10.1 Å². The highest BCUT2D eigenvalue weighted by molar-refractivity contribution is 5.97. The van der Waals surface area contributed by atoms with Gasteiger partial charge in [-0.3, -0.25) is 10.0 Å². The highest BCUT2D eigenvalue weighted by atomic mass is 19.1. The molecule has 5 heteroatoms. The van der Waals surface area contributed by atoms with Crippen LogP contribution in [0.2, 0.25) is 0 Å². The second kappa shape index (κ2) is 4.19. The van der Waals surface area contributed by atoms with Crippen LogP contribution in [0.15, 0.2) is 23.2 Å². The lowest BCUT2D eigenvalue weighted by Crippen LogP contribution is -2.38. The summed E-state index contributed by atoms with van der Waals surface area (Å²) < 4.78 is 13.3. The van der Waals surface area contributed by atoms with Gasteiger partial charge >= 0.3 is 0 Å². The Morgan fingerprint density at radius 1 is 1.50 bits per heavy atom. The fourth-order valence-electron chi connectivity index (χ4n) is 1.85. The molecule has 0 saturated carbocycles. The maximum atomic E-state index is 13.3. The largest absolute Gasteiger partial charge is 0.326 e. The van der Waals surface area contributed by atoms with Gasteiger partial charge in [0.1, 0.15) is 18.3 Å². The van der Waals surface area contributed by atoms with Gasteiger partial charge in [-0.25, -0.2) is 4.39 Å². The zero-order valence-corrected chi connectivity index (χ0v) is 9.44. The van der Waals surface area contributed by atoms with E-state index in [1.807, 2.05) is 24.0 Å². The van der Waals surface area contributed by atoms with Gasteiger partial charge in [-0.2, -0.15) is 5.01 Å². The Labute approximate surface area is 94.1 Å². The zero-order chi connectivity index (χ0) is 11.7. The molecule has 0 saturated heterocycles. The maximum absolute atomic E-state index is 13.3. The van der Waals surface area contributed by atoms with E-state index in [9.17, 15) is 4.39 Å². The van der Waals surface area contributed by atoms with Gasteiger partial charge in [-0.05, 0) is 24.6 Å². The number of halogens is 1. The zero-order valence-electron chi connectivity index (χ0n) is 9.44. The Morgan fingerprint density at radius 2 is 2.25 bits per heavy atom. The third kappa shape index (κ3) is 1.79. The molecule has 1 aromatic carbocycles. The van der Waals surface area contributed by atoms with Crippen molar-refractivity contribution >= 4 is 11.5 Å². The van der Waals surface area contributed by atoms with Crippen molar-refractivity contribution in [3.8, 4) is 0 Å². The van der Waals surface area contributed by atoms with Crippen LogP contribution in [0, 0.1) is 5.82 Å². The summed E-state index contributed by atoms with van der Waals surface area (Å²) in [7, 11) is 1.91. The van der Waals surface area contributed by atoms with Crippen molar-refractivity contribution < 1.29 is 4.39 Å². The van der Waals surface area contributed by atoms with Crippen LogP contribution in [0.1, 0.15) is 12.5 Å². The van der Waals surface area contributed by atoms with Crippen molar-refractivity contribution in [2.45, 2.75) is 13.5 Å². The van der Waals surface area contributed by atoms with Gasteiger partial charge in [0.25, 0.3) is 0 Å². The second-order valence-electron chi connectivity index (χ2n) is 3.79. The number of rotatable bonds is 2. The van der Waals surface area contributed by atoms with E-state index in [1.54, 1.807) is 6.07 Å². The van der Waals surface area contributed by atoms with Crippen molar-refractivity contribution in [1.82, 2.24) is 5.01 Å². The molecule has 1 aliphatic rings. The van der Waals surface area contributed by atoms with Gasteiger partial charge in [-0.15, -0.1) is 0 Å². The minimum atomic E-state index is -0.264. The van der Waals surface area contributed by atoms with E-state index in [4.69, 9.17) is 5.73 Å². The number of amidine groups is 1. The average Bonchev–Trinajstić information content (AvgIpc) is 2.58. The summed E-state index contributed by atoms with van der Waals surface area (Å²) in [5.74, 6) is 0.586. The summed E-state index contributed by atoms with van der Waals surface area (Å²) in [5.41, 5.74) is 7.33. The van der Waals surface area contributed by atoms with Crippen LogP contribution in [-0.2, 0) is 6.54 Å². The predicted molar refractivity (Wildman–Crippen MR) is 62.5 cm³/mol. The Kier molecular flexibility index (Phi) is 2.89. The number of benzene rings is 1. The lowest BCUT2D eigenvalue weighted by atomic mass is 10.1. The summed E-state index contributed by atoms with van der Waals surface area (Å²) in [6.07, 6.45) is 0. The van der Waals surface area contributed by atoms with E-state index in [1.165, 1.54) is 12.1 Å². The molecule has 1 aliphatic heterocycles. The van der Waals surface area contributed by atoms with Crippen LogP contribution in [0.3, 0.4) is 0 Å². The number of hydrogen-bond donors (Lipinski definition) is 1. The minimum Gasteiger partial charge on any atom is -0.326 e. The summed E-state index contributed by atoms with van der Waals surface area (Å²) in [5, 5.41) is 3.80. The van der Waals surface area contributed by atoms with Crippen LogP contribution in [0.25, 0.3) is 0 Å². The normalized spacial score (nSPS) is 16.8. The van der Waals surface area contributed by atoms with Crippen LogP contribution in [-0.4, -0.2) is 24.6 Å². The highest BCUT2D eigenvalue weighted by Crippen LogP contribution is 2.25. The molecule has 0 fully saturated rings. The first-order valence-corrected chi connectivity index (χ1v) is 5.14. The van der Waals surface area contributed by atoms with Gasteiger partial charge in [0.2, 0.25) is 0 Å². The van der Waals surface area contributed by atoms with Crippen molar-refractivity contribution in [2.24, 2.45) is 10.7 Å². The van der Waals surface area contributed by atoms with E-state index in [-0.39, 0.29) is 5.82 Å². The predicted octanol–water partition coefficient (Wildman–Crippen LogP) is 1.33. The smallest absolute Gasteiger partial charge is 0.125 e. The molecule has 86 valence electrons. The van der Waals surface area contributed by atoms with Crippen LogP contribution >= 0.6 is 0 Å². The van der Waals surface area contributed by atoms with Gasteiger partial charge < -0.3 is 5.73 Å². The second-order valence-corrected chi connectivity index (χ2v) is 3.79. The molecule has 0 amide bonds. The third-order valence-corrected chi connectivity index (χ3v) is 2.65. The summed E-state index contributed by atoms with van der Waals surface area (Å²) >= 11 is 0. The first-order chi connectivity index (χ1) is 7.63. The first-order valence-electron chi connectivity index (χ1n) is 5.14. The molecule has 2 N–H and O–H groups in total. The Morgan fingerprint density at radius 3 is 2.81 bits per heavy atom. The van der Waals surface area contributed by atoms with E-state index >= 15 is 0 Å². The van der Waals surface area contributed by atoms with E-state index in [0.29, 0.717) is 13.2 Å². The topological polar surface area (TPSA) is 44.9 Å². The highest BCUT2D eigenvalue weighted by Gasteiger charge is 2.22. The number of aliphatic imine (C=N–C) groups is 1. The molecule has 0 spiro atoms. The molecule has 1 heterocycles. The Balaban J connectivity index is 2.46. The summed E-state index contributed by atoms with van der Waals surface area (Å²) in [6, 6.07) is 4.63. The molecule has 0 aromatic heterocycles. The van der Waals surface area contributed by atoms with Crippen molar-refractivity contribution in [1.29, 1.82) is 0 Å². The minimum absolute atomic E-state index is 0.264. The van der Waals surface area contributed by atoms with E-state index < -0.39 is 0 Å². The van der Waals surface area contributed by atoms with E-state index in [0.717, 1.165) is 17.1 Å².